The van der Waals surface area contributed by atoms with Gasteiger partial charge in [-0.1, -0.05) is 30.7 Å². The minimum atomic E-state index is -0.484. The van der Waals surface area contributed by atoms with Gasteiger partial charge in [-0.3, -0.25) is 9.69 Å². The molecule has 0 aromatic heterocycles. The zero-order valence-corrected chi connectivity index (χ0v) is 20.5. The molecule has 3 aromatic rings. The number of halogens is 1. The van der Waals surface area contributed by atoms with Crippen molar-refractivity contribution in [2.24, 2.45) is 0 Å². The van der Waals surface area contributed by atoms with E-state index < -0.39 is 5.82 Å². The fourth-order valence-corrected chi connectivity index (χ4v) is 4.95. The molecule has 0 atom stereocenters. The number of hydrogen-bond acceptors (Lipinski definition) is 5. The molecule has 1 saturated heterocycles. The third-order valence-corrected chi connectivity index (χ3v) is 6.89. The minimum absolute atomic E-state index is 0.0798. The number of carbonyl (C=O) groups excluding carboxylic acids is 1. The molecule has 1 amide bonds. The summed E-state index contributed by atoms with van der Waals surface area (Å²) in [7, 11) is 0. The molecule has 5 rings (SSSR count). The first-order valence-corrected chi connectivity index (χ1v) is 12.9. The van der Waals surface area contributed by atoms with Gasteiger partial charge in [-0.25, -0.2) is 4.39 Å². The number of carbonyl (C=O) groups is 1. The van der Waals surface area contributed by atoms with Crippen LogP contribution in [-0.4, -0.2) is 56.4 Å². The Hall–Kier alpha value is -3.16. The van der Waals surface area contributed by atoms with Crippen molar-refractivity contribution in [1.29, 1.82) is 0 Å². The van der Waals surface area contributed by atoms with E-state index in [1.54, 1.807) is 6.07 Å². The summed E-state index contributed by atoms with van der Waals surface area (Å²) in [5.41, 5.74) is 0.880. The van der Waals surface area contributed by atoms with Gasteiger partial charge in [-0.05, 0) is 49.9 Å². The average Bonchev–Trinajstić information content (AvgIpc) is 2.90. The van der Waals surface area contributed by atoms with Crippen LogP contribution in [0.15, 0.2) is 54.6 Å². The van der Waals surface area contributed by atoms with Crippen LogP contribution in [0.4, 0.5) is 10.1 Å². The molecule has 2 aliphatic rings. The molecule has 0 bridgehead atoms. The maximum atomic E-state index is 14.4. The molecule has 190 valence electrons. The molecule has 3 aromatic carbocycles. The smallest absolute Gasteiger partial charge is 0.255 e. The summed E-state index contributed by atoms with van der Waals surface area (Å²) in [5, 5.41) is 4.74. The second-order valence-electron chi connectivity index (χ2n) is 9.47. The number of ether oxygens (including phenoxy) is 3. The lowest BCUT2D eigenvalue weighted by atomic mass is 9.98. The molecule has 0 radical (unpaired) electrons. The van der Waals surface area contributed by atoms with E-state index in [2.05, 4.69) is 10.2 Å². The SMILES string of the molecule is O=C(Nc1ccc(OCCN2CCOCC2)c2ccccc12)c1cc(F)cc(OC2CCCCC2)c1. The molecule has 7 heteroatoms. The first-order chi connectivity index (χ1) is 17.7. The maximum Gasteiger partial charge on any atom is 0.255 e. The van der Waals surface area contributed by atoms with Gasteiger partial charge in [0.15, 0.2) is 0 Å². The molecule has 1 aliphatic carbocycles. The van der Waals surface area contributed by atoms with Crippen LogP contribution in [0, 0.1) is 5.82 Å². The van der Waals surface area contributed by atoms with Crippen molar-refractivity contribution in [3.05, 3.63) is 66.0 Å². The Morgan fingerprint density at radius 2 is 1.78 bits per heavy atom. The lowest BCUT2D eigenvalue weighted by Gasteiger charge is -2.26. The van der Waals surface area contributed by atoms with Gasteiger partial charge in [0.25, 0.3) is 5.91 Å². The van der Waals surface area contributed by atoms with E-state index in [4.69, 9.17) is 14.2 Å². The zero-order chi connectivity index (χ0) is 24.7. The second kappa shape index (κ2) is 11.7. The highest BCUT2D eigenvalue weighted by atomic mass is 19.1. The van der Waals surface area contributed by atoms with Crippen LogP contribution in [0.3, 0.4) is 0 Å². The van der Waals surface area contributed by atoms with Gasteiger partial charge in [0.05, 0.1) is 19.3 Å². The highest BCUT2D eigenvalue weighted by Gasteiger charge is 2.18. The Labute approximate surface area is 211 Å². The van der Waals surface area contributed by atoms with Gasteiger partial charge in [-0.15, -0.1) is 0 Å². The van der Waals surface area contributed by atoms with Crippen molar-refractivity contribution in [2.75, 3.05) is 44.8 Å². The molecular weight excluding hydrogens is 459 g/mol. The number of benzene rings is 3. The molecule has 36 heavy (non-hydrogen) atoms. The summed E-state index contributed by atoms with van der Waals surface area (Å²) >= 11 is 0. The topological polar surface area (TPSA) is 60.0 Å². The number of morpholine rings is 1. The standard InChI is InChI=1S/C29H33FN2O4/c30-22-18-21(19-24(20-22)36-23-6-2-1-3-7-23)29(33)31-27-10-11-28(26-9-5-4-8-25(26)27)35-17-14-32-12-15-34-16-13-32/h4-5,8-11,18-20,23H,1-3,6-7,12-17H2,(H,31,33). The van der Waals surface area contributed by atoms with E-state index in [9.17, 15) is 9.18 Å². The van der Waals surface area contributed by atoms with Crippen LogP contribution in [-0.2, 0) is 4.74 Å². The summed E-state index contributed by atoms with van der Waals surface area (Å²) in [4.78, 5) is 15.4. The third kappa shape index (κ3) is 6.15. The van der Waals surface area contributed by atoms with E-state index in [0.717, 1.165) is 75.1 Å². The summed E-state index contributed by atoms with van der Waals surface area (Å²) in [6, 6.07) is 15.7. The minimum Gasteiger partial charge on any atom is -0.492 e. The maximum absolute atomic E-state index is 14.4. The molecule has 6 nitrogen and oxygen atoms in total. The molecule has 1 saturated carbocycles. The van der Waals surface area contributed by atoms with E-state index >= 15 is 0 Å². The molecule has 1 N–H and O–H groups in total. The highest BCUT2D eigenvalue weighted by Crippen LogP contribution is 2.32. The summed E-state index contributed by atoms with van der Waals surface area (Å²) in [5.74, 6) is 0.308. The van der Waals surface area contributed by atoms with Crippen LogP contribution in [0.5, 0.6) is 11.5 Å². The number of rotatable bonds is 8. The first-order valence-electron chi connectivity index (χ1n) is 12.9. The first kappa shape index (κ1) is 24.5. The molecule has 0 unspecified atom stereocenters. The van der Waals surface area contributed by atoms with Gasteiger partial charge in [0.1, 0.15) is 23.9 Å². The predicted molar refractivity (Wildman–Crippen MR) is 139 cm³/mol. The molecular formula is C29H33FN2O4. The van der Waals surface area contributed by atoms with Gasteiger partial charge < -0.3 is 19.5 Å². The van der Waals surface area contributed by atoms with E-state index in [-0.39, 0.29) is 17.6 Å². The number of nitrogens with zero attached hydrogens (tertiary/aromatic N) is 1. The van der Waals surface area contributed by atoms with Crippen LogP contribution in [0.2, 0.25) is 0 Å². The zero-order valence-electron chi connectivity index (χ0n) is 20.5. The number of nitrogens with one attached hydrogen (secondary N) is 1. The Morgan fingerprint density at radius 3 is 2.58 bits per heavy atom. The lowest BCUT2D eigenvalue weighted by Crippen LogP contribution is -2.38. The molecule has 0 spiro atoms. The van der Waals surface area contributed by atoms with Gasteiger partial charge in [0.2, 0.25) is 0 Å². The Bertz CT molecular complexity index is 1190. The van der Waals surface area contributed by atoms with Crippen molar-refractivity contribution in [3.63, 3.8) is 0 Å². The van der Waals surface area contributed by atoms with Crippen molar-refractivity contribution >= 4 is 22.4 Å². The molecule has 1 heterocycles. The van der Waals surface area contributed by atoms with Gasteiger partial charge >= 0.3 is 0 Å². The van der Waals surface area contributed by atoms with Gasteiger partial charge in [-0.2, -0.15) is 0 Å². The fourth-order valence-electron chi connectivity index (χ4n) is 4.95. The quantitative estimate of drug-likeness (QED) is 0.440. The van der Waals surface area contributed by atoms with Crippen LogP contribution in [0.1, 0.15) is 42.5 Å². The number of hydrogen-bond donors (Lipinski definition) is 1. The monoisotopic (exact) mass is 492 g/mol. The summed E-state index contributed by atoms with van der Waals surface area (Å²) in [6.07, 6.45) is 5.45. The summed E-state index contributed by atoms with van der Waals surface area (Å²) in [6.45, 7) is 4.77. The van der Waals surface area contributed by atoms with Crippen LogP contribution in [0.25, 0.3) is 10.8 Å². The van der Waals surface area contributed by atoms with E-state index in [1.165, 1.54) is 18.6 Å². The van der Waals surface area contributed by atoms with Crippen molar-refractivity contribution in [3.8, 4) is 11.5 Å². The predicted octanol–water partition coefficient (Wildman–Crippen LogP) is 5.65. The molecule has 1 aliphatic heterocycles. The van der Waals surface area contributed by atoms with Crippen LogP contribution >= 0.6 is 0 Å². The Balaban J connectivity index is 1.29. The van der Waals surface area contributed by atoms with Gasteiger partial charge in [0, 0.05) is 47.7 Å². The third-order valence-electron chi connectivity index (χ3n) is 6.89. The van der Waals surface area contributed by atoms with E-state index in [0.29, 0.717) is 18.0 Å². The number of fused-ring (bicyclic) bond motifs is 1. The number of anilines is 1. The largest absolute Gasteiger partial charge is 0.492 e. The van der Waals surface area contributed by atoms with Crippen molar-refractivity contribution in [1.82, 2.24) is 4.90 Å². The van der Waals surface area contributed by atoms with Crippen molar-refractivity contribution < 1.29 is 23.4 Å². The second-order valence-corrected chi connectivity index (χ2v) is 9.47. The van der Waals surface area contributed by atoms with Crippen LogP contribution < -0.4 is 14.8 Å². The number of amides is 1. The van der Waals surface area contributed by atoms with Crippen molar-refractivity contribution in [2.45, 2.75) is 38.2 Å². The molecule has 2 fully saturated rings. The average molecular weight is 493 g/mol. The lowest BCUT2D eigenvalue weighted by molar-refractivity contribution is 0.0323. The Morgan fingerprint density at radius 1 is 1.00 bits per heavy atom. The van der Waals surface area contributed by atoms with E-state index in [1.807, 2.05) is 36.4 Å². The highest BCUT2D eigenvalue weighted by molar-refractivity contribution is 6.10. The summed E-state index contributed by atoms with van der Waals surface area (Å²) < 4.78 is 31.9. The fraction of sp³-hybridized carbons (Fsp3) is 0.414. The Kier molecular flexibility index (Phi) is 7.98. The normalized spacial score (nSPS) is 17.1.